The fourth-order valence-corrected chi connectivity index (χ4v) is 2.87. The molecule has 0 saturated carbocycles. The summed E-state index contributed by atoms with van der Waals surface area (Å²) in [5, 5.41) is 2.99. The summed E-state index contributed by atoms with van der Waals surface area (Å²) in [5.41, 5.74) is 6.59. The van der Waals surface area contributed by atoms with Gasteiger partial charge in [-0.15, -0.1) is 0 Å². The normalized spacial score (nSPS) is 20.6. The quantitative estimate of drug-likeness (QED) is 0.798. The summed E-state index contributed by atoms with van der Waals surface area (Å²) < 4.78 is 0. The lowest BCUT2D eigenvalue weighted by Gasteiger charge is -2.18. The van der Waals surface area contributed by atoms with Gasteiger partial charge in [0.15, 0.2) is 0 Å². The van der Waals surface area contributed by atoms with E-state index in [1.165, 1.54) is 0 Å². The van der Waals surface area contributed by atoms with Gasteiger partial charge in [0.2, 0.25) is 5.91 Å². The maximum atomic E-state index is 12.3. The van der Waals surface area contributed by atoms with Crippen LogP contribution in [0.25, 0.3) is 0 Å². The fraction of sp³-hybridized carbons (Fsp3) is 0.467. The zero-order valence-corrected chi connectivity index (χ0v) is 12.5. The Morgan fingerprint density at radius 3 is 2.75 bits per heavy atom. The van der Waals surface area contributed by atoms with E-state index in [1.807, 2.05) is 30.3 Å². The number of nitrogens with zero attached hydrogens (tertiary/aromatic N) is 1. The Bertz CT molecular complexity index is 477. The number of carbonyl (C=O) groups is 1. The molecule has 1 aliphatic heterocycles. The molecule has 1 saturated heterocycles. The van der Waals surface area contributed by atoms with Gasteiger partial charge in [0.25, 0.3) is 0 Å². The van der Waals surface area contributed by atoms with E-state index >= 15 is 0 Å². The third kappa shape index (κ3) is 3.77. The van der Waals surface area contributed by atoms with Gasteiger partial charge in [-0.2, -0.15) is 0 Å². The maximum absolute atomic E-state index is 12.3. The molecule has 2 unspecified atom stereocenters. The molecule has 1 heterocycles. The number of nitrogens with two attached hydrogens (primary N) is 1. The molecule has 3 N–H and O–H groups in total. The summed E-state index contributed by atoms with van der Waals surface area (Å²) >= 11 is 5.05. The first kappa shape index (κ1) is 14.9. The lowest BCUT2D eigenvalue weighted by molar-refractivity contribution is -0.121. The minimum Gasteiger partial charge on any atom is -0.392 e. The Balaban J connectivity index is 1.96. The van der Waals surface area contributed by atoms with Gasteiger partial charge >= 0.3 is 0 Å². The highest BCUT2D eigenvalue weighted by Gasteiger charge is 2.25. The highest BCUT2D eigenvalue weighted by atomic mass is 32.1. The molecule has 2 atom stereocenters. The molecular formula is C15H21N3OS. The molecule has 1 aliphatic rings. The van der Waals surface area contributed by atoms with Crippen molar-refractivity contribution >= 4 is 23.1 Å². The Morgan fingerprint density at radius 2 is 2.20 bits per heavy atom. The van der Waals surface area contributed by atoms with Crippen molar-refractivity contribution in [1.82, 2.24) is 10.2 Å². The molecule has 108 valence electrons. The van der Waals surface area contributed by atoms with Crippen molar-refractivity contribution in [2.75, 3.05) is 26.7 Å². The van der Waals surface area contributed by atoms with Crippen LogP contribution in [-0.2, 0) is 4.79 Å². The van der Waals surface area contributed by atoms with Crippen molar-refractivity contribution in [3.05, 3.63) is 35.9 Å². The lowest BCUT2D eigenvalue weighted by atomic mass is 9.98. The second kappa shape index (κ2) is 6.81. The zero-order valence-electron chi connectivity index (χ0n) is 11.7. The van der Waals surface area contributed by atoms with Crippen LogP contribution in [0.5, 0.6) is 0 Å². The molecule has 0 aromatic heterocycles. The smallest absolute Gasteiger partial charge is 0.234 e. The predicted octanol–water partition coefficient (Wildman–Crippen LogP) is 1.12. The van der Waals surface area contributed by atoms with Gasteiger partial charge in [0.05, 0.1) is 4.99 Å². The molecular weight excluding hydrogens is 270 g/mol. The topological polar surface area (TPSA) is 58.4 Å². The van der Waals surface area contributed by atoms with Crippen molar-refractivity contribution in [2.24, 2.45) is 11.7 Å². The minimum atomic E-state index is -0.537. The molecule has 1 fully saturated rings. The van der Waals surface area contributed by atoms with Crippen LogP contribution in [0.1, 0.15) is 17.9 Å². The number of carbonyl (C=O) groups excluding carboxylic acids is 1. The van der Waals surface area contributed by atoms with E-state index in [4.69, 9.17) is 18.0 Å². The number of hydrogen-bond donors (Lipinski definition) is 2. The summed E-state index contributed by atoms with van der Waals surface area (Å²) in [7, 11) is 2.10. The van der Waals surface area contributed by atoms with Crippen LogP contribution in [0.3, 0.4) is 0 Å². The fourth-order valence-electron chi connectivity index (χ4n) is 2.63. The first-order valence-electron chi connectivity index (χ1n) is 6.88. The van der Waals surface area contributed by atoms with Gasteiger partial charge < -0.3 is 16.0 Å². The summed E-state index contributed by atoms with van der Waals surface area (Å²) in [6.07, 6.45) is 1.12. The van der Waals surface area contributed by atoms with E-state index in [1.54, 1.807) is 0 Å². The number of benzene rings is 1. The Hall–Kier alpha value is -1.46. The molecule has 0 bridgehead atoms. The highest BCUT2D eigenvalue weighted by molar-refractivity contribution is 7.80. The first-order chi connectivity index (χ1) is 9.58. The van der Waals surface area contributed by atoms with E-state index in [2.05, 4.69) is 17.3 Å². The molecule has 1 aromatic carbocycles. The molecule has 1 aromatic rings. The summed E-state index contributed by atoms with van der Waals surface area (Å²) in [5.74, 6) is -0.115. The van der Waals surface area contributed by atoms with E-state index in [9.17, 15) is 4.79 Å². The third-order valence-corrected chi connectivity index (χ3v) is 3.97. The van der Waals surface area contributed by atoms with Crippen LogP contribution in [0.15, 0.2) is 30.3 Å². The first-order valence-corrected chi connectivity index (χ1v) is 7.29. The van der Waals surface area contributed by atoms with Gasteiger partial charge in [-0.1, -0.05) is 42.5 Å². The standard InChI is InChI=1S/C15H21N3OS/c1-18-8-7-11(10-18)9-17-15(19)13(14(16)20)12-5-3-2-4-6-12/h2-6,11,13H,7-10H2,1H3,(H2,16,20)(H,17,19). The Kier molecular flexibility index (Phi) is 5.09. The van der Waals surface area contributed by atoms with Crippen LogP contribution in [0.4, 0.5) is 0 Å². The number of hydrogen-bond acceptors (Lipinski definition) is 3. The lowest BCUT2D eigenvalue weighted by Crippen LogP contribution is -2.38. The van der Waals surface area contributed by atoms with Crippen LogP contribution < -0.4 is 11.1 Å². The largest absolute Gasteiger partial charge is 0.392 e. The molecule has 2 rings (SSSR count). The van der Waals surface area contributed by atoms with Gasteiger partial charge in [-0.3, -0.25) is 4.79 Å². The molecule has 0 spiro atoms. The van der Waals surface area contributed by atoms with Crippen LogP contribution in [0, 0.1) is 5.92 Å². The number of thiocarbonyl (C=S) groups is 1. The van der Waals surface area contributed by atoms with Crippen molar-refractivity contribution in [3.63, 3.8) is 0 Å². The van der Waals surface area contributed by atoms with Gasteiger partial charge in [0.1, 0.15) is 5.92 Å². The SMILES string of the molecule is CN1CCC(CNC(=O)C(C(N)=S)c2ccccc2)C1. The summed E-state index contributed by atoms with van der Waals surface area (Å²) in [4.78, 5) is 14.8. The van der Waals surface area contributed by atoms with Gasteiger partial charge in [-0.25, -0.2) is 0 Å². The number of rotatable bonds is 5. The number of amides is 1. The molecule has 4 nitrogen and oxygen atoms in total. The highest BCUT2D eigenvalue weighted by Crippen LogP contribution is 2.17. The van der Waals surface area contributed by atoms with E-state index < -0.39 is 5.92 Å². The molecule has 0 radical (unpaired) electrons. The Labute approximate surface area is 125 Å². The van der Waals surface area contributed by atoms with Crippen molar-refractivity contribution in [3.8, 4) is 0 Å². The van der Waals surface area contributed by atoms with Crippen molar-refractivity contribution < 1.29 is 4.79 Å². The Morgan fingerprint density at radius 1 is 1.50 bits per heavy atom. The van der Waals surface area contributed by atoms with Crippen molar-refractivity contribution in [1.29, 1.82) is 0 Å². The van der Waals surface area contributed by atoms with Crippen molar-refractivity contribution in [2.45, 2.75) is 12.3 Å². The van der Waals surface area contributed by atoms with Gasteiger partial charge in [0, 0.05) is 13.1 Å². The predicted molar refractivity (Wildman–Crippen MR) is 84.6 cm³/mol. The van der Waals surface area contributed by atoms with E-state index in [0.29, 0.717) is 12.5 Å². The molecule has 0 aliphatic carbocycles. The van der Waals surface area contributed by atoms with Gasteiger partial charge in [-0.05, 0) is 31.5 Å². The second-order valence-corrected chi connectivity index (χ2v) is 5.88. The number of nitrogens with one attached hydrogen (secondary N) is 1. The third-order valence-electron chi connectivity index (χ3n) is 3.73. The van der Waals surface area contributed by atoms with E-state index in [-0.39, 0.29) is 10.9 Å². The van der Waals surface area contributed by atoms with E-state index in [0.717, 1.165) is 25.1 Å². The monoisotopic (exact) mass is 291 g/mol. The number of likely N-dealkylation sites (tertiary alicyclic amines) is 1. The molecule has 1 amide bonds. The summed E-state index contributed by atoms with van der Waals surface area (Å²) in [6.45, 7) is 2.82. The molecule has 5 heteroatoms. The second-order valence-electron chi connectivity index (χ2n) is 5.41. The summed E-state index contributed by atoms with van der Waals surface area (Å²) in [6, 6.07) is 9.45. The average Bonchev–Trinajstić information content (AvgIpc) is 2.83. The zero-order chi connectivity index (χ0) is 14.5. The van der Waals surface area contributed by atoms with Crippen LogP contribution in [-0.4, -0.2) is 42.5 Å². The molecule has 20 heavy (non-hydrogen) atoms. The maximum Gasteiger partial charge on any atom is 0.234 e. The average molecular weight is 291 g/mol. The van der Waals surface area contributed by atoms with Crippen LogP contribution in [0.2, 0.25) is 0 Å². The van der Waals surface area contributed by atoms with Crippen LogP contribution >= 0.6 is 12.2 Å². The minimum absolute atomic E-state index is 0.0988.